The van der Waals surface area contributed by atoms with E-state index in [4.69, 9.17) is 9.47 Å². The molecule has 2 aliphatic rings. The highest BCUT2D eigenvalue weighted by atomic mass is 16.5. The Balaban J connectivity index is 1.36. The second kappa shape index (κ2) is 19.6. The number of carbonyl (C=O) groups is 4. The van der Waals surface area contributed by atoms with E-state index in [2.05, 4.69) is 16.0 Å². The minimum absolute atomic E-state index is 0.00389. The number of amides is 3. The number of alkyl carbamates (subject to hydrolysis) is 1. The van der Waals surface area contributed by atoms with Gasteiger partial charge < -0.3 is 30.5 Å². The molecule has 3 amide bonds. The molecule has 2 aromatic rings. The second-order valence-electron chi connectivity index (χ2n) is 13.1. The summed E-state index contributed by atoms with van der Waals surface area (Å²) in [5, 5.41) is 18.8. The van der Waals surface area contributed by atoms with Gasteiger partial charge in [0, 0.05) is 13.0 Å². The van der Waals surface area contributed by atoms with Crippen molar-refractivity contribution in [3.63, 3.8) is 0 Å². The Labute approximate surface area is 284 Å². The van der Waals surface area contributed by atoms with Crippen LogP contribution < -0.4 is 16.0 Å². The first-order chi connectivity index (χ1) is 23.4. The first kappa shape index (κ1) is 36.7. The number of carbonyl (C=O) groups excluding carboxylic acids is 4. The number of unbranched alkanes of at least 4 members (excludes halogenated alkanes) is 1. The van der Waals surface area contributed by atoms with Crippen molar-refractivity contribution in [2.24, 2.45) is 11.8 Å². The lowest BCUT2D eigenvalue weighted by Gasteiger charge is -2.29. The van der Waals surface area contributed by atoms with Gasteiger partial charge in [0.25, 0.3) is 0 Å². The van der Waals surface area contributed by atoms with E-state index in [1.165, 1.54) is 0 Å². The third-order valence-corrected chi connectivity index (χ3v) is 9.23. The topological polar surface area (TPSA) is 143 Å². The highest BCUT2D eigenvalue weighted by molar-refractivity contribution is 5.86. The van der Waals surface area contributed by atoms with Crippen molar-refractivity contribution >= 4 is 23.9 Å². The van der Waals surface area contributed by atoms with Crippen molar-refractivity contribution < 1.29 is 33.8 Å². The number of allylic oxidation sites excluding steroid dienone is 2. The Bertz CT molecular complexity index is 1330. The summed E-state index contributed by atoms with van der Waals surface area (Å²) in [6.07, 6.45) is 10.7. The van der Waals surface area contributed by atoms with Gasteiger partial charge in [0.15, 0.2) is 0 Å². The molecule has 10 heteroatoms. The summed E-state index contributed by atoms with van der Waals surface area (Å²) in [7, 11) is 0. The summed E-state index contributed by atoms with van der Waals surface area (Å²) in [5.74, 6) is -1.76. The molecule has 4 rings (SSSR count). The summed E-state index contributed by atoms with van der Waals surface area (Å²) >= 11 is 0. The van der Waals surface area contributed by atoms with Gasteiger partial charge in [-0.25, -0.2) is 4.79 Å². The monoisotopic (exact) mass is 661 g/mol. The van der Waals surface area contributed by atoms with Gasteiger partial charge in [-0.2, -0.15) is 0 Å². The maximum Gasteiger partial charge on any atom is 0.407 e. The standard InChI is InChI=1S/C38H51N3O7/c42-28-38(21-11-12-22-38)41-34(43)25-31-18-8-3-9-19-32(24-29-14-4-1-5-15-29)36(45)47-27-33(40-35(31)44)20-10-13-23-39-37(46)48-26-30-16-6-2-7-17-30/h1-8,14-17,31-33,42H,9-13,18-28H2,(H,39,46)(H,40,44)(H,41,43)/t31-,32-,33+/m1/s1. The molecule has 1 saturated carbocycles. The third-order valence-electron chi connectivity index (χ3n) is 9.23. The molecule has 1 fully saturated rings. The number of rotatable bonds is 13. The predicted octanol–water partition coefficient (Wildman–Crippen LogP) is 5.14. The number of ether oxygens (including phenoxy) is 2. The lowest BCUT2D eigenvalue weighted by molar-refractivity contribution is -0.150. The van der Waals surface area contributed by atoms with Crippen LogP contribution in [0.2, 0.25) is 0 Å². The average Bonchev–Trinajstić information content (AvgIpc) is 3.57. The van der Waals surface area contributed by atoms with Crippen LogP contribution in [-0.4, -0.2) is 60.3 Å². The summed E-state index contributed by atoms with van der Waals surface area (Å²) in [4.78, 5) is 52.2. The minimum Gasteiger partial charge on any atom is -0.463 e. The van der Waals surface area contributed by atoms with Crippen molar-refractivity contribution in [3.05, 3.63) is 83.9 Å². The number of hydrogen-bond acceptors (Lipinski definition) is 7. The van der Waals surface area contributed by atoms with Gasteiger partial charge in [0.2, 0.25) is 11.8 Å². The molecule has 1 heterocycles. The van der Waals surface area contributed by atoms with E-state index < -0.39 is 23.6 Å². The molecule has 10 nitrogen and oxygen atoms in total. The molecule has 0 saturated heterocycles. The van der Waals surface area contributed by atoms with Crippen LogP contribution in [0.3, 0.4) is 0 Å². The molecule has 260 valence electrons. The Hall–Kier alpha value is -4.18. The largest absolute Gasteiger partial charge is 0.463 e. The fourth-order valence-corrected chi connectivity index (χ4v) is 6.40. The van der Waals surface area contributed by atoms with Crippen LogP contribution in [0.15, 0.2) is 72.8 Å². The van der Waals surface area contributed by atoms with E-state index >= 15 is 0 Å². The molecule has 2 aromatic carbocycles. The molecule has 1 aliphatic carbocycles. The first-order valence-electron chi connectivity index (χ1n) is 17.4. The van der Waals surface area contributed by atoms with E-state index in [9.17, 15) is 24.3 Å². The maximum atomic E-state index is 13.6. The summed E-state index contributed by atoms with van der Waals surface area (Å²) in [6.45, 7) is 0.481. The zero-order valence-electron chi connectivity index (χ0n) is 27.9. The lowest BCUT2D eigenvalue weighted by atomic mass is 9.94. The molecular formula is C38H51N3O7. The number of aliphatic hydroxyl groups is 1. The van der Waals surface area contributed by atoms with Crippen LogP contribution in [0, 0.1) is 11.8 Å². The predicted molar refractivity (Wildman–Crippen MR) is 183 cm³/mol. The fraction of sp³-hybridized carbons (Fsp3) is 0.526. The summed E-state index contributed by atoms with van der Waals surface area (Å²) in [6, 6.07) is 18.8. The SMILES string of the molecule is O=C(C[C@H]1CC=CCC[C@H](Cc2ccccc2)C(=O)OC[C@H](CCCCNC(=O)OCc2ccccc2)NC1=O)NC1(CO)CCCC1. The molecule has 0 aromatic heterocycles. The number of nitrogens with one attached hydrogen (secondary N) is 3. The van der Waals surface area contributed by atoms with Crippen molar-refractivity contribution in [2.45, 2.75) is 95.2 Å². The van der Waals surface area contributed by atoms with E-state index in [-0.39, 0.29) is 49.9 Å². The zero-order valence-corrected chi connectivity index (χ0v) is 27.9. The van der Waals surface area contributed by atoms with E-state index in [1.54, 1.807) is 0 Å². The second-order valence-corrected chi connectivity index (χ2v) is 13.1. The summed E-state index contributed by atoms with van der Waals surface area (Å²) < 4.78 is 11.1. The van der Waals surface area contributed by atoms with E-state index in [0.29, 0.717) is 51.5 Å². The van der Waals surface area contributed by atoms with Gasteiger partial charge in [0.05, 0.1) is 30.0 Å². The van der Waals surface area contributed by atoms with Gasteiger partial charge in [-0.1, -0.05) is 85.7 Å². The molecule has 0 radical (unpaired) electrons. The molecule has 4 N–H and O–H groups in total. The third kappa shape index (κ3) is 12.4. The lowest BCUT2D eigenvalue weighted by Crippen LogP contribution is -2.50. The number of benzene rings is 2. The highest BCUT2D eigenvalue weighted by Crippen LogP contribution is 2.29. The van der Waals surface area contributed by atoms with Crippen LogP contribution in [0.25, 0.3) is 0 Å². The molecular weight excluding hydrogens is 610 g/mol. The number of cyclic esters (lactones) is 1. The Morgan fingerprint density at radius 2 is 1.65 bits per heavy atom. The van der Waals surface area contributed by atoms with Crippen molar-refractivity contribution in [2.75, 3.05) is 19.8 Å². The van der Waals surface area contributed by atoms with Crippen molar-refractivity contribution in [3.8, 4) is 0 Å². The molecule has 0 bridgehead atoms. The summed E-state index contributed by atoms with van der Waals surface area (Å²) in [5.41, 5.74) is 1.35. The molecule has 48 heavy (non-hydrogen) atoms. The van der Waals surface area contributed by atoms with Crippen LogP contribution in [0.5, 0.6) is 0 Å². The normalized spacial score (nSPS) is 21.5. The Kier molecular flexibility index (Phi) is 15.0. The zero-order chi connectivity index (χ0) is 34.0. The van der Waals surface area contributed by atoms with Gasteiger partial charge in [-0.3, -0.25) is 14.4 Å². The smallest absolute Gasteiger partial charge is 0.407 e. The van der Waals surface area contributed by atoms with Crippen molar-refractivity contribution in [1.82, 2.24) is 16.0 Å². The fourth-order valence-electron chi connectivity index (χ4n) is 6.40. The van der Waals surface area contributed by atoms with Crippen LogP contribution in [0.1, 0.15) is 81.8 Å². The van der Waals surface area contributed by atoms with Crippen LogP contribution in [0.4, 0.5) is 4.79 Å². The van der Waals surface area contributed by atoms with Gasteiger partial charge in [-0.05, 0) is 68.9 Å². The number of esters is 1. The van der Waals surface area contributed by atoms with Crippen LogP contribution >= 0.6 is 0 Å². The first-order valence-corrected chi connectivity index (χ1v) is 17.4. The molecule has 0 spiro atoms. The van der Waals surface area contributed by atoms with E-state index in [0.717, 1.165) is 36.8 Å². The number of aliphatic hydroxyl groups excluding tert-OH is 1. The number of hydrogen-bond donors (Lipinski definition) is 4. The molecule has 1 aliphatic heterocycles. The average molecular weight is 662 g/mol. The van der Waals surface area contributed by atoms with Crippen LogP contribution in [-0.2, 0) is 36.9 Å². The van der Waals surface area contributed by atoms with Gasteiger partial charge in [-0.15, -0.1) is 0 Å². The minimum atomic E-state index is -0.612. The molecule has 3 atom stereocenters. The Morgan fingerprint density at radius 3 is 2.35 bits per heavy atom. The highest BCUT2D eigenvalue weighted by Gasteiger charge is 2.35. The maximum absolute atomic E-state index is 13.6. The van der Waals surface area contributed by atoms with Crippen molar-refractivity contribution in [1.29, 1.82) is 0 Å². The molecule has 0 unspecified atom stereocenters. The van der Waals surface area contributed by atoms with Gasteiger partial charge in [0.1, 0.15) is 13.2 Å². The van der Waals surface area contributed by atoms with Gasteiger partial charge >= 0.3 is 12.1 Å². The Morgan fingerprint density at radius 1 is 0.938 bits per heavy atom. The van der Waals surface area contributed by atoms with E-state index in [1.807, 2.05) is 72.8 Å². The quantitative estimate of drug-likeness (QED) is 0.132.